The fraction of sp³-hybridized carbons (Fsp3) is 0.545. The highest BCUT2D eigenvalue weighted by Crippen LogP contribution is 2.40. The predicted molar refractivity (Wildman–Crippen MR) is 57.0 cm³/mol. The number of carboxylic acid groups (broad SMARTS) is 1. The quantitative estimate of drug-likeness (QED) is 0.833. The van der Waals surface area contributed by atoms with E-state index in [0.717, 1.165) is 19.3 Å². The van der Waals surface area contributed by atoms with Crippen LogP contribution in [0.1, 0.15) is 41.0 Å². The van der Waals surface area contributed by atoms with Crippen molar-refractivity contribution in [2.24, 2.45) is 0 Å². The zero-order chi connectivity index (χ0) is 10.1. The Labute approximate surface area is 87.6 Å². The molecule has 2 rings (SSSR count). The van der Waals surface area contributed by atoms with Crippen LogP contribution in [-0.2, 0) is 17.6 Å². The number of aliphatic carboxylic acids is 1. The lowest BCUT2D eigenvalue weighted by atomic mass is 9.99. The second kappa shape index (κ2) is 3.73. The molecule has 76 valence electrons. The molecule has 0 spiro atoms. The lowest BCUT2D eigenvalue weighted by Crippen LogP contribution is -2.02. The lowest BCUT2D eigenvalue weighted by molar-refractivity contribution is -0.137. The van der Waals surface area contributed by atoms with Crippen molar-refractivity contribution >= 4 is 17.3 Å². The Morgan fingerprint density at radius 2 is 2.50 bits per heavy atom. The predicted octanol–water partition coefficient (Wildman–Crippen LogP) is 2.82. The first-order valence-corrected chi connectivity index (χ1v) is 5.85. The van der Waals surface area contributed by atoms with E-state index in [-0.39, 0.29) is 5.92 Å². The molecule has 1 N–H and O–H groups in total. The van der Waals surface area contributed by atoms with E-state index in [0.29, 0.717) is 6.42 Å². The Hall–Kier alpha value is -0.830. The Balaban J connectivity index is 2.20. The van der Waals surface area contributed by atoms with Gasteiger partial charge in [-0.3, -0.25) is 4.79 Å². The minimum atomic E-state index is -0.674. The van der Waals surface area contributed by atoms with Crippen LogP contribution in [-0.4, -0.2) is 11.1 Å². The Morgan fingerprint density at radius 1 is 1.71 bits per heavy atom. The zero-order valence-electron chi connectivity index (χ0n) is 8.25. The van der Waals surface area contributed by atoms with Crippen molar-refractivity contribution in [2.75, 3.05) is 0 Å². The zero-order valence-corrected chi connectivity index (χ0v) is 9.06. The average Bonchev–Trinajstić information content (AvgIpc) is 2.66. The van der Waals surface area contributed by atoms with Crippen LogP contribution in [0.3, 0.4) is 0 Å². The van der Waals surface area contributed by atoms with Gasteiger partial charge in [0, 0.05) is 9.75 Å². The van der Waals surface area contributed by atoms with E-state index < -0.39 is 5.97 Å². The molecule has 0 radical (unpaired) electrons. The number of carbonyl (C=O) groups is 1. The monoisotopic (exact) mass is 210 g/mol. The summed E-state index contributed by atoms with van der Waals surface area (Å²) in [7, 11) is 0. The van der Waals surface area contributed by atoms with Crippen molar-refractivity contribution < 1.29 is 9.90 Å². The highest BCUT2D eigenvalue weighted by molar-refractivity contribution is 7.12. The van der Waals surface area contributed by atoms with Crippen LogP contribution in [0.4, 0.5) is 0 Å². The molecule has 1 aliphatic carbocycles. The largest absolute Gasteiger partial charge is 0.481 e. The van der Waals surface area contributed by atoms with Crippen LogP contribution in [0, 0.1) is 0 Å². The van der Waals surface area contributed by atoms with Crippen LogP contribution in [0.15, 0.2) is 6.07 Å². The third-order valence-electron chi connectivity index (χ3n) is 2.82. The molecule has 14 heavy (non-hydrogen) atoms. The van der Waals surface area contributed by atoms with E-state index in [1.54, 1.807) is 0 Å². The molecule has 1 unspecified atom stereocenters. The van der Waals surface area contributed by atoms with E-state index in [4.69, 9.17) is 5.11 Å². The maximum absolute atomic E-state index is 10.6. The summed E-state index contributed by atoms with van der Waals surface area (Å²) in [6.45, 7) is 2.15. The molecule has 3 heteroatoms. The molecule has 2 nitrogen and oxygen atoms in total. The number of hydrogen-bond donors (Lipinski definition) is 1. The molecule has 0 bridgehead atoms. The summed E-state index contributed by atoms with van der Waals surface area (Å²) in [6, 6.07) is 2.21. The molecule has 0 saturated carbocycles. The van der Waals surface area contributed by atoms with E-state index in [9.17, 15) is 4.79 Å². The van der Waals surface area contributed by atoms with Crippen molar-refractivity contribution in [1.82, 2.24) is 0 Å². The van der Waals surface area contributed by atoms with Crippen molar-refractivity contribution in [3.8, 4) is 0 Å². The standard InChI is InChI=1S/C11H14O2S/c1-2-8-6-9-7(5-11(12)13)3-4-10(9)14-8/h6-7H,2-5H2,1H3,(H,12,13). The lowest BCUT2D eigenvalue weighted by Gasteiger charge is -2.05. The number of carboxylic acids is 1. The summed E-state index contributed by atoms with van der Waals surface area (Å²) in [4.78, 5) is 13.5. The molecule has 1 atom stereocenters. The van der Waals surface area contributed by atoms with Gasteiger partial charge in [-0.05, 0) is 36.8 Å². The first-order valence-electron chi connectivity index (χ1n) is 5.04. The number of aryl methyl sites for hydroxylation is 2. The Bertz CT molecular complexity index is 354. The van der Waals surface area contributed by atoms with Gasteiger partial charge in [0.25, 0.3) is 0 Å². The summed E-state index contributed by atoms with van der Waals surface area (Å²) in [5.74, 6) is -0.397. The van der Waals surface area contributed by atoms with Crippen molar-refractivity contribution in [1.29, 1.82) is 0 Å². The summed E-state index contributed by atoms with van der Waals surface area (Å²) >= 11 is 1.86. The fourth-order valence-corrected chi connectivity index (χ4v) is 3.31. The first kappa shape index (κ1) is 9.71. The molecule has 1 aromatic rings. The van der Waals surface area contributed by atoms with Crippen LogP contribution in [0.2, 0.25) is 0 Å². The topological polar surface area (TPSA) is 37.3 Å². The molecular weight excluding hydrogens is 196 g/mol. The highest BCUT2D eigenvalue weighted by atomic mass is 32.1. The first-order chi connectivity index (χ1) is 6.70. The summed E-state index contributed by atoms with van der Waals surface area (Å²) in [6.07, 6.45) is 3.47. The third kappa shape index (κ3) is 1.69. The van der Waals surface area contributed by atoms with E-state index in [1.807, 2.05) is 11.3 Å². The van der Waals surface area contributed by atoms with Crippen LogP contribution < -0.4 is 0 Å². The van der Waals surface area contributed by atoms with Gasteiger partial charge in [0.15, 0.2) is 0 Å². The number of thiophene rings is 1. The smallest absolute Gasteiger partial charge is 0.303 e. The molecule has 1 heterocycles. The van der Waals surface area contributed by atoms with Crippen LogP contribution >= 0.6 is 11.3 Å². The third-order valence-corrected chi connectivity index (χ3v) is 4.18. The average molecular weight is 210 g/mol. The maximum Gasteiger partial charge on any atom is 0.303 e. The number of rotatable bonds is 3. The van der Waals surface area contributed by atoms with E-state index >= 15 is 0 Å². The normalized spacial score (nSPS) is 19.6. The minimum Gasteiger partial charge on any atom is -0.481 e. The molecule has 0 aromatic carbocycles. The van der Waals surface area contributed by atoms with Gasteiger partial charge in [-0.2, -0.15) is 0 Å². The molecule has 1 aromatic heterocycles. The second-order valence-electron chi connectivity index (χ2n) is 3.78. The van der Waals surface area contributed by atoms with Gasteiger partial charge >= 0.3 is 5.97 Å². The van der Waals surface area contributed by atoms with Crippen LogP contribution in [0.25, 0.3) is 0 Å². The fourth-order valence-electron chi connectivity index (χ4n) is 2.10. The second-order valence-corrected chi connectivity index (χ2v) is 5.00. The molecule has 0 saturated heterocycles. The summed E-state index contributed by atoms with van der Waals surface area (Å²) in [5.41, 5.74) is 1.31. The number of hydrogen-bond acceptors (Lipinski definition) is 2. The van der Waals surface area contributed by atoms with E-state index in [1.165, 1.54) is 15.3 Å². The van der Waals surface area contributed by atoms with Crippen molar-refractivity contribution in [3.05, 3.63) is 21.4 Å². The van der Waals surface area contributed by atoms with Gasteiger partial charge in [0.1, 0.15) is 0 Å². The molecule has 0 fully saturated rings. The highest BCUT2D eigenvalue weighted by Gasteiger charge is 2.26. The Kier molecular flexibility index (Phi) is 2.59. The molecular formula is C11H14O2S. The number of fused-ring (bicyclic) bond motifs is 1. The van der Waals surface area contributed by atoms with Crippen LogP contribution in [0.5, 0.6) is 0 Å². The minimum absolute atomic E-state index is 0.277. The Morgan fingerprint density at radius 3 is 3.14 bits per heavy atom. The maximum atomic E-state index is 10.6. The van der Waals surface area contributed by atoms with Gasteiger partial charge in [0.2, 0.25) is 0 Å². The van der Waals surface area contributed by atoms with Crippen molar-refractivity contribution in [3.63, 3.8) is 0 Å². The summed E-state index contributed by atoms with van der Waals surface area (Å²) < 4.78 is 0. The molecule has 1 aliphatic rings. The van der Waals surface area contributed by atoms with Gasteiger partial charge in [0.05, 0.1) is 6.42 Å². The van der Waals surface area contributed by atoms with Crippen molar-refractivity contribution in [2.45, 2.75) is 38.5 Å². The van der Waals surface area contributed by atoms with Gasteiger partial charge < -0.3 is 5.11 Å². The van der Waals surface area contributed by atoms with Gasteiger partial charge in [-0.15, -0.1) is 11.3 Å². The molecule has 0 amide bonds. The molecule has 0 aliphatic heterocycles. The SMILES string of the molecule is CCc1cc2c(s1)CCC2CC(=O)O. The van der Waals surface area contributed by atoms with Gasteiger partial charge in [-0.1, -0.05) is 6.92 Å². The van der Waals surface area contributed by atoms with E-state index in [2.05, 4.69) is 13.0 Å². The summed E-state index contributed by atoms with van der Waals surface area (Å²) in [5, 5.41) is 8.77. The van der Waals surface area contributed by atoms with Gasteiger partial charge in [-0.25, -0.2) is 0 Å².